The first kappa shape index (κ1) is 17.8. The molecule has 4 rings (SSSR count). The highest BCUT2D eigenvalue weighted by Crippen LogP contribution is 2.23. The maximum absolute atomic E-state index is 13.1. The van der Waals surface area contributed by atoms with Crippen LogP contribution in [0.3, 0.4) is 0 Å². The van der Waals surface area contributed by atoms with Gasteiger partial charge in [0.25, 0.3) is 5.56 Å². The summed E-state index contributed by atoms with van der Waals surface area (Å²) < 4.78 is 1.74. The van der Waals surface area contributed by atoms with Crippen molar-refractivity contribution in [3.8, 4) is 0 Å². The van der Waals surface area contributed by atoms with Gasteiger partial charge in [-0.25, -0.2) is 4.98 Å². The molecule has 0 aliphatic heterocycles. The summed E-state index contributed by atoms with van der Waals surface area (Å²) in [5.41, 5.74) is 2.86. The number of fused-ring (bicyclic) bond motifs is 1. The molecule has 3 nitrogen and oxygen atoms in total. The number of thioether (sulfide) groups is 1. The van der Waals surface area contributed by atoms with Crippen LogP contribution in [0.25, 0.3) is 10.9 Å². The second-order valence-corrected chi connectivity index (χ2v) is 7.59. The minimum Gasteiger partial charge on any atom is -0.283 e. The van der Waals surface area contributed by atoms with Gasteiger partial charge in [0.05, 0.1) is 17.4 Å². The van der Waals surface area contributed by atoms with Crippen LogP contribution in [0, 0.1) is 0 Å². The number of aromatic nitrogens is 2. The number of halogens is 1. The van der Waals surface area contributed by atoms with E-state index in [2.05, 4.69) is 12.1 Å². The predicted octanol–water partition coefficient (Wildman–Crippen LogP) is 5.39. The van der Waals surface area contributed by atoms with Crippen molar-refractivity contribution in [2.24, 2.45) is 0 Å². The molecule has 0 unspecified atom stereocenters. The van der Waals surface area contributed by atoms with Gasteiger partial charge in [0.2, 0.25) is 0 Å². The molecule has 5 heteroatoms. The van der Waals surface area contributed by atoms with Crippen LogP contribution in [0.4, 0.5) is 0 Å². The molecular formula is C22H17ClN2OS. The van der Waals surface area contributed by atoms with E-state index in [0.29, 0.717) is 22.1 Å². The summed E-state index contributed by atoms with van der Waals surface area (Å²) in [6, 6.07) is 25.2. The first-order valence-electron chi connectivity index (χ1n) is 8.61. The van der Waals surface area contributed by atoms with Crippen molar-refractivity contribution in [2.45, 2.75) is 17.5 Å². The van der Waals surface area contributed by atoms with Crippen LogP contribution in [0.2, 0.25) is 5.02 Å². The molecule has 1 heterocycles. The van der Waals surface area contributed by atoms with Gasteiger partial charge in [-0.05, 0) is 35.4 Å². The third-order valence-electron chi connectivity index (χ3n) is 4.27. The molecular weight excluding hydrogens is 376 g/mol. The van der Waals surface area contributed by atoms with Crippen molar-refractivity contribution >= 4 is 34.3 Å². The topological polar surface area (TPSA) is 34.9 Å². The number of rotatable bonds is 5. The molecule has 0 fully saturated rings. The van der Waals surface area contributed by atoms with Gasteiger partial charge in [-0.15, -0.1) is 0 Å². The smallest absolute Gasteiger partial charge is 0.262 e. The van der Waals surface area contributed by atoms with E-state index < -0.39 is 0 Å². The van der Waals surface area contributed by atoms with Crippen molar-refractivity contribution in [1.29, 1.82) is 0 Å². The van der Waals surface area contributed by atoms with Gasteiger partial charge in [0.1, 0.15) is 0 Å². The average Bonchev–Trinajstić information content (AvgIpc) is 2.70. The van der Waals surface area contributed by atoms with Crippen LogP contribution in [0.15, 0.2) is 88.8 Å². The van der Waals surface area contributed by atoms with Crippen LogP contribution < -0.4 is 5.56 Å². The zero-order valence-electron chi connectivity index (χ0n) is 14.5. The monoisotopic (exact) mass is 392 g/mol. The Bertz CT molecular complexity index is 1140. The summed E-state index contributed by atoms with van der Waals surface area (Å²) in [4.78, 5) is 17.9. The Morgan fingerprint density at radius 1 is 0.889 bits per heavy atom. The van der Waals surface area contributed by atoms with E-state index in [1.807, 2.05) is 66.7 Å². The molecule has 134 valence electrons. The van der Waals surface area contributed by atoms with E-state index in [0.717, 1.165) is 16.8 Å². The summed E-state index contributed by atoms with van der Waals surface area (Å²) in [6.07, 6.45) is 0. The highest BCUT2D eigenvalue weighted by atomic mass is 35.5. The highest BCUT2D eigenvalue weighted by molar-refractivity contribution is 7.98. The van der Waals surface area contributed by atoms with Gasteiger partial charge in [0, 0.05) is 10.8 Å². The van der Waals surface area contributed by atoms with Crippen molar-refractivity contribution in [2.75, 3.05) is 0 Å². The summed E-state index contributed by atoms with van der Waals surface area (Å²) in [6.45, 7) is 0.439. The predicted molar refractivity (Wildman–Crippen MR) is 113 cm³/mol. The lowest BCUT2D eigenvalue weighted by atomic mass is 10.2. The van der Waals surface area contributed by atoms with Gasteiger partial charge < -0.3 is 0 Å². The molecule has 0 spiro atoms. The molecule has 3 aromatic carbocycles. The fourth-order valence-corrected chi connectivity index (χ4v) is 4.10. The van der Waals surface area contributed by atoms with Gasteiger partial charge in [0.15, 0.2) is 5.16 Å². The van der Waals surface area contributed by atoms with Gasteiger partial charge in [-0.3, -0.25) is 9.36 Å². The summed E-state index contributed by atoms with van der Waals surface area (Å²) in [5, 5.41) is 2.00. The fraction of sp³-hybridized carbons (Fsp3) is 0.0909. The largest absolute Gasteiger partial charge is 0.283 e. The summed E-state index contributed by atoms with van der Waals surface area (Å²) >= 11 is 7.69. The minimum absolute atomic E-state index is 0.0314. The van der Waals surface area contributed by atoms with E-state index >= 15 is 0 Å². The van der Waals surface area contributed by atoms with Gasteiger partial charge in [-0.2, -0.15) is 0 Å². The van der Waals surface area contributed by atoms with Gasteiger partial charge >= 0.3 is 0 Å². The molecule has 0 amide bonds. The normalized spacial score (nSPS) is 11.0. The van der Waals surface area contributed by atoms with Crippen LogP contribution in [-0.4, -0.2) is 9.55 Å². The van der Waals surface area contributed by atoms with E-state index in [-0.39, 0.29) is 5.56 Å². The number of benzene rings is 3. The molecule has 0 radical (unpaired) electrons. The zero-order valence-corrected chi connectivity index (χ0v) is 16.1. The summed E-state index contributed by atoms with van der Waals surface area (Å²) in [5.74, 6) is 0.751. The standard InChI is InChI=1S/C22H17ClN2OS/c23-18-10-6-9-17(13-18)14-25-21(26)19-11-4-5-12-20(19)24-22(25)27-15-16-7-2-1-3-8-16/h1-13H,14-15H2. The first-order valence-corrected chi connectivity index (χ1v) is 9.98. The molecule has 0 aliphatic rings. The average molecular weight is 393 g/mol. The molecule has 4 aromatic rings. The highest BCUT2D eigenvalue weighted by Gasteiger charge is 2.12. The number of para-hydroxylation sites is 1. The van der Waals surface area contributed by atoms with E-state index in [9.17, 15) is 4.79 Å². The maximum Gasteiger partial charge on any atom is 0.262 e. The molecule has 0 bridgehead atoms. The van der Waals surface area contributed by atoms with Crippen molar-refractivity contribution < 1.29 is 0 Å². The lowest BCUT2D eigenvalue weighted by Gasteiger charge is -2.13. The number of hydrogen-bond acceptors (Lipinski definition) is 3. The maximum atomic E-state index is 13.1. The van der Waals surface area contributed by atoms with Gasteiger partial charge in [-0.1, -0.05) is 78.0 Å². The zero-order chi connectivity index (χ0) is 18.6. The second-order valence-electron chi connectivity index (χ2n) is 6.21. The Kier molecular flexibility index (Phi) is 5.28. The van der Waals surface area contributed by atoms with Crippen LogP contribution in [0.1, 0.15) is 11.1 Å². The molecule has 0 saturated heterocycles. The van der Waals surface area contributed by atoms with E-state index in [1.54, 1.807) is 16.3 Å². The number of nitrogens with zero attached hydrogens (tertiary/aromatic N) is 2. The van der Waals surface area contributed by atoms with Crippen LogP contribution in [0.5, 0.6) is 0 Å². The molecule has 1 aromatic heterocycles. The second kappa shape index (κ2) is 7.99. The summed E-state index contributed by atoms with van der Waals surface area (Å²) in [7, 11) is 0. The lowest BCUT2D eigenvalue weighted by Crippen LogP contribution is -2.24. The molecule has 0 atom stereocenters. The quantitative estimate of drug-likeness (QED) is 0.337. The molecule has 0 aliphatic carbocycles. The SMILES string of the molecule is O=c1c2ccccc2nc(SCc2ccccc2)n1Cc1cccc(Cl)c1. The first-order chi connectivity index (χ1) is 13.2. The molecule has 0 saturated carbocycles. The molecule has 27 heavy (non-hydrogen) atoms. The Balaban J connectivity index is 1.76. The van der Waals surface area contributed by atoms with Crippen molar-refractivity contribution in [3.63, 3.8) is 0 Å². The molecule has 0 N–H and O–H groups in total. The van der Waals surface area contributed by atoms with Crippen molar-refractivity contribution in [3.05, 3.63) is 105 Å². The van der Waals surface area contributed by atoms with Crippen molar-refractivity contribution in [1.82, 2.24) is 9.55 Å². The van der Waals surface area contributed by atoms with E-state index in [4.69, 9.17) is 16.6 Å². The van der Waals surface area contributed by atoms with Crippen LogP contribution >= 0.6 is 23.4 Å². The van der Waals surface area contributed by atoms with E-state index in [1.165, 1.54) is 5.56 Å². The Morgan fingerprint density at radius 2 is 1.63 bits per heavy atom. The fourth-order valence-electron chi connectivity index (χ4n) is 2.94. The Morgan fingerprint density at radius 3 is 2.44 bits per heavy atom. The third kappa shape index (κ3) is 4.07. The minimum atomic E-state index is -0.0314. The number of hydrogen-bond donors (Lipinski definition) is 0. The van der Waals surface area contributed by atoms with Crippen LogP contribution in [-0.2, 0) is 12.3 Å². The third-order valence-corrected chi connectivity index (χ3v) is 5.55. The Labute approximate surface area is 166 Å². The Hall–Kier alpha value is -2.56. The lowest BCUT2D eigenvalue weighted by molar-refractivity contribution is 0.658.